The maximum Gasteiger partial charge on any atom is 0.227 e. The molecule has 1 aliphatic rings. The van der Waals surface area contributed by atoms with Gasteiger partial charge in [0.1, 0.15) is 0 Å². The Balaban J connectivity index is 2.17. The van der Waals surface area contributed by atoms with Crippen LogP contribution >= 0.6 is 0 Å². The number of benzene rings is 1. The van der Waals surface area contributed by atoms with Crippen LogP contribution in [0.4, 0.5) is 11.4 Å². The minimum absolute atomic E-state index is 0.0256. The van der Waals surface area contributed by atoms with Crippen LogP contribution in [0.25, 0.3) is 0 Å². The van der Waals surface area contributed by atoms with E-state index in [-0.39, 0.29) is 18.9 Å². The topological polar surface area (TPSA) is 63.7 Å². The quantitative estimate of drug-likeness (QED) is 0.745. The molecule has 1 unspecified atom stereocenters. The molecule has 96 valence electrons. The molecule has 1 aromatic carbocycles. The van der Waals surface area contributed by atoms with Crippen LogP contribution in [0.2, 0.25) is 0 Å². The Hall–Kier alpha value is -2.04. The second kappa shape index (κ2) is 4.68. The van der Waals surface area contributed by atoms with E-state index in [2.05, 4.69) is 0 Å². The Morgan fingerprint density at radius 2 is 1.94 bits per heavy atom. The van der Waals surface area contributed by atoms with Crippen molar-refractivity contribution in [2.75, 3.05) is 30.4 Å². The smallest absolute Gasteiger partial charge is 0.227 e. The normalized spacial score (nSPS) is 19.1. The van der Waals surface area contributed by atoms with Gasteiger partial charge in [-0.3, -0.25) is 4.79 Å². The second-order valence-electron chi connectivity index (χ2n) is 4.64. The van der Waals surface area contributed by atoms with Crippen molar-refractivity contribution < 1.29 is 14.7 Å². The van der Waals surface area contributed by atoms with Gasteiger partial charge in [-0.15, -0.1) is 0 Å². The third-order valence-corrected chi connectivity index (χ3v) is 3.14. The number of carboxylic acids is 1. The van der Waals surface area contributed by atoms with Crippen LogP contribution < -0.4 is 14.9 Å². The van der Waals surface area contributed by atoms with Crippen LogP contribution in [0.15, 0.2) is 24.3 Å². The van der Waals surface area contributed by atoms with Crippen molar-refractivity contribution in [3.63, 3.8) is 0 Å². The maximum atomic E-state index is 11.7. The van der Waals surface area contributed by atoms with Gasteiger partial charge in [-0.1, -0.05) is 0 Å². The van der Waals surface area contributed by atoms with Gasteiger partial charge in [-0.2, -0.15) is 0 Å². The number of hydrogen-bond acceptors (Lipinski definition) is 4. The highest BCUT2D eigenvalue weighted by molar-refractivity contribution is 5.99. The highest BCUT2D eigenvalue weighted by Gasteiger charge is 2.31. The monoisotopic (exact) mass is 247 g/mol. The SMILES string of the molecule is CN(C)c1ccc(N2CC(C(=O)[O-])CC2=O)cc1. The van der Waals surface area contributed by atoms with Gasteiger partial charge in [0.25, 0.3) is 0 Å². The standard InChI is InChI=1S/C13H16N2O3/c1-14(2)10-3-5-11(6-4-10)15-8-9(13(17)18)7-12(15)16/h3-6,9H,7-8H2,1-2H3,(H,17,18)/p-1. The number of carbonyl (C=O) groups excluding carboxylic acids is 2. The van der Waals surface area contributed by atoms with Gasteiger partial charge >= 0.3 is 0 Å². The van der Waals surface area contributed by atoms with Crippen LogP contribution in [0, 0.1) is 5.92 Å². The summed E-state index contributed by atoms with van der Waals surface area (Å²) in [5, 5.41) is 10.8. The van der Waals surface area contributed by atoms with Crippen LogP contribution in [0.5, 0.6) is 0 Å². The van der Waals surface area contributed by atoms with Crippen LogP contribution in [-0.4, -0.2) is 32.5 Å². The summed E-state index contributed by atoms with van der Waals surface area (Å²) >= 11 is 0. The fourth-order valence-electron chi connectivity index (χ4n) is 2.05. The first-order valence-electron chi connectivity index (χ1n) is 5.77. The summed E-state index contributed by atoms with van der Waals surface area (Å²) in [6, 6.07) is 7.44. The molecular formula is C13H15N2O3-. The lowest BCUT2D eigenvalue weighted by Gasteiger charge is -2.19. The van der Waals surface area contributed by atoms with E-state index in [9.17, 15) is 14.7 Å². The molecular weight excluding hydrogens is 232 g/mol. The zero-order valence-corrected chi connectivity index (χ0v) is 10.4. The number of carbonyl (C=O) groups is 2. The Morgan fingerprint density at radius 1 is 1.33 bits per heavy atom. The number of anilines is 2. The molecule has 1 aromatic rings. The molecule has 2 rings (SSSR count). The Bertz CT molecular complexity index is 468. The molecule has 0 radical (unpaired) electrons. The summed E-state index contributed by atoms with van der Waals surface area (Å²) in [7, 11) is 3.87. The van der Waals surface area contributed by atoms with Crippen LogP contribution in [-0.2, 0) is 9.59 Å². The number of hydrogen-bond donors (Lipinski definition) is 0. The number of nitrogens with zero attached hydrogens (tertiary/aromatic N) is 2. The Morgan fingerprint density at radius 3 is 2.39 bits per heavy atom. The third-order valence-electron chi connectivity index (χ3n) is 3.14. The van der Waals surface area contributed by atoms with Crippen LogP contribution in [0.3, 0.4) is 0 Å². The average Bonchev–Trinajstić information content (AvgIpc) is 2.71. The lowest BCUT2D eigenvalue weighted by Crippen LogP contribution is -2.33. The molecule has 1 saturated heterocycles. The second-order valence-corrected chi connectivity index (χ2v) is 4.64. The Labute approximate surface area is 106 Å². The highest BCUT2D eigenvalue weighted by atomic mass is 16.4. The first-order chi connectivity index (χ1) is 8.49. The number of amides is 1. The zero-order chi connectivity index (χ0) is 13.3. The van der Waals surface area contributed by atoms with Gasteiger partial charge in [-0.25, -0.2) is 0 Å². The van der Waals surface area contributed by atoms with E-state index in [0.717, 1.165) is 11.4 Å². The third kappa shape index (κ3) is 2.30. The number of rotatable bonds is 3. The Kier molecular flexibility index (Phi) is 3.23. The fraction of sp³-hybridized carbons (Fsp3) is 0.385. The average molecular weight is 247 g/mol. The van der Waals surface area contributed by atoms with Crippen molar-refractivity contribution in [2.24, 2.45) is 5.92 Å². The molecule has 1 atom stereocenters. The van der Waals surface area contributed by atoms with Crippen molar-refractivity contribution in [3.8, 4) is 0 Å². The van der Waals surface area contributed by atoms with E-state index in [1.54, 1.807) is 0 Å². The molecule has 0 bridgehead atoms. The molecule has 1 aliphatic heterocycles. The van der Waals surface area contributed by atoms with Crippen molar-refractivity contribution in [1.82, 2.24) is 0 Å². The number of aliphatic carboxylic acids is 1. The van der Waals surface area contributed by atoms with Crippen molar-refractivity contribution in [2.45, 2.75) is 6.42 Å². The van der Waals surface area contributed by atoms with Crippen LogP contribution in [0.1, 0.15) is 6.42 Å². The van der Waals surface area contributed by atoms with E-state index in [1.165, 1.54) is 4.90 Å². The molecule has 0 aromatic heterocycles. The van der Waals surface area contributed by atoms with E-state index < -0.39 is 11.9 Å². The van der Waals surface area contributed by atoms with Crippen molar-refractivity contribution in [1.29, 1.82) is 0 Å². The van der Waals surface area contributed by atoms with E-state index in [4.69, 9.17) is 0 Å². The van der Waals surface area contributed by atoms with E-state index >= 15 is 0 Å². The van der Waals surface area contributed by atoms with Gasteiger partial charge in [0.05, 0.1) is 0 Å². The first kappa shape index (κ1) is 12.4. The van der Waals surface area contributed by atoms with Gasteiger partial charge in [-0.05, 0) is 24.3 Å². The predicted octanol–water partition coefficient (Wildman–Crippen LogP) is -0.145. The van der Waals surface area contributed by atoms with Gasteiger partial charge < -0.3 is 19.7 Å². The minimum Gasteiger partial charge on any atom is -0.550 e. The first-order valence-corrected chi connectivity index (χ1v) is 5.77. The van der Waals surface area contributed by atoms with Gasteiger partial charge in [0, 0.05) is 50.3 Å². The van der Waals surface area contributed by atoms with Crippen molar-refractivity contribution in [3.05, 3.63) is 24.3 Å². The lowest BCUT2D eigenvalue weighted by atomic mass is 10.1. The molecule has 1 fully saturated rings. The lowest BCUT2D eigenvalue weighted by molar-refractivity contribution is -0.310. The maximum absolute atomic E-state index is 11.7. The highest BCUT2D eigenvalue weighted by Crippen LogP contribution is 2.26. The molecule has 5 heteroatoms. The zero-order valence-electron chi connectivity index (χ0n) is 10.4. The molecule has 18 heavy (non-hydrogen) atoms. The molecule has 0 saturated carbocycles. The molecule has 5 nitrogen and oxygen atoms in total. The molecule has 0 aliphatic carbocycles. The summed E-state index contributed by atoms with van der Waals surface area (Å²) in [6.07, 6.45) is 0.0256. The summed E-state index contributed by atoms with van der Waals surface area (Å²) in [4.78, 5) is 26.0. The largest absolute Gasteiger partial charge is 0.550 e. The molecule has 0 N–H and O–H groups in total. The summed E-state index contributed by atoms with van der Waals surface area (Å²) in [5.41, 5.74) is 1.76. The predicted molar refractivity (Wildman–Crippen MR) is 66.2 cm³/mol. The van der Waals surface area contributed by atoms with Gasteiger partial charge in [0.2, 0.25) is 5.91 Å². The summed E-state index contributed by atoms with van der Waals surface area (Å²) in [5.74, 6) is -2.02. The number of carboxylic acid groups (broad SMARTS) is 1. The van der Waals surface area contributed by atoms with E-state index in [0.29, 0.717) is 0 Å². The van der Waals surface area contributed by atoms with E-state index in [1.807, 2.05) is 43.3 Å². The summed E-state index contributed by atoms with van der Waals surface area (Å²) in [6.45, 7) is 0.197. The molecule has 1 heterocycles. The van der Waals surface area contributed by atoms with Gasteiger partial charge in [0.15, 0.2) is 0 Å². The molecule has 0 spiro atoms. The fourth-order valence-corrected chi connectivity index (χ4v) is 2.05. The minimum atomic E-state index is -1.16. The summed E-state index contributed by atoms with van der Waals surface area (Å²) < 4.78 is 0. The van der Waals surface area contributed by atoms with Crippen molar-refractivity contribution >= 4 is 23.3 Å². The molecule has 1 amide bonds.